The quantitative estimate of drug-likeness (QED) is 0.522. The Morgan fingerprint density at radius 3 is 2.48 bits per heavy atom. The molecule has 0 saturated carbocycles. The van der Waals surface area contributed by atoms with E-state index in [1.54, 1.807) is 11.0 Å². The molecule has 0 aromatic rings. The second-order valence-corrected chi connectivity index (χ2v) is 5.39. The lowest BCUT2D eigenvalue weighted by Gasteiger charge is -2.45. The van der Waals surface area contributed by atoms with Crippen LogP contribution in [0.15, 0.2) is 12.7 Å². The zero-order chi connectivity index (χ0) is 15.9. The molecule has 1 fully saturated rings. The maximum atomic E-state index is 12.8. The molecule has 21 heavy (non-hydrogen) atoms. The molecule has 0 bridgehead atoms. The van der Waals surface area contributed by atoms with Crippen molar-refractivity contribution in [2.24, 2.45) is 0 Å². The predicted octanol–water partition coefficient (Wildman–Crippen LogP) is 1.87. The van der Waals surface area contributed by atoms with E-state index < -0.39 is 5.54 Å². The van der Waals surface area contributed by atoms with E-state index in [4.69, 9.17) is 4.74 Å². The Bertz CT molecular complexity index is 378. The molecule has 0 aromatic carbocycles. The molecule has 1 atom stereocenters. The fourth-order valence-electron chi connectivity index (χ4n) is 2.75. The van der Waals surface area contributed by atoms with Crippen LogP contribution in [0.4, 0.5) is 0 Å². The van der Waals surface area contributed by atoms with Crippen molar-refractivity contribution < 1.29 is 14.3 Å². The highest BCUT2D eigenvalue weighted by molar-refractivity contribution is 5.99. The van der Waals surface area contributed by atoms with Gasteiger partial charge in [0, 0.05) is 6.54 Å². The molecule has 1 heterocycles. The number of carbonyl (C=O) groups excluding carboxylic acids is 2. The summed E-state index contributed by atoms with van der Waals surface area (Å²) in [6.07, 6.45) is 4.43. The number of piperazine rings is 1. The number of ether oxygens (including phenoxy) is 1. The van der Waals surface area contributed by atoms with E-state index in [1.165, 1.54) is 0 Å². The standard InChI is InChI=1S/C16H28N2O3/c1-5-9-11-21-12-10-18-13(6-2)14(19)17-16(7-3,8-4)15(18)20/h5,13H,1,6-12H2,2-4H3,(H,17,19). The molecule has 1 rings (SSSR count). The van der Waals surface area contributed by atoms with Crippen LogP contribution >= 0.6 is 0 Å². The monoisotopic (exact) mass is 296 g/mol. The Hall–Kier alpha value is -1.36. The number of hydrogen-bond acceptors (Lipinski definition) is 3. The molecule has 2 amide bonds. The van der Waals surface area contributed by atoms with Crippen molar-refractivity contribution in [1.29, 1.82) is 0 Å². The number of hydrogen-bond donors (Lipinski definition) is 1. The highest BCUT2D eigenvalue weighted by Crippen LogP contribution is 2.25. The zero-order valence-corrected chi connectivity index (χ0v) is 13.5. The number of amides is 2. The van der Waals surface area contributed by atoms with Crippen molar-refractivity contribution in [2.75, 3.05) is 19.8 Å². The van der Waals surface area contributed by atoms with Crippen LogP contribution in [0.5, 0.6) is 0 Å². The second kappa shape index (κ2) is 8.17. The van der Waals surface area contributed by atoms with Gasteiger partial charge in [0.2, 0.25) is 11.8 Å². The van der Waals surface area contributed by atoms with Crippen molar-refractivity contribution in [3.05, 3.63) is 12.7 Å². The number of nitrogens with one attached hydrogen (secondary N) is 1. The van der Waals surface area contributed by atoms with Gasteiger partial charge in [0.05, 0.1) is 13.2 Å². The third-order valence-electron chi connectivity index (χ3n) is 4.25. The van der Waals surface area contributed by atoms with Crippen molar-refractivity contribution >= 4 is 11.8 Å². The molecule has 1 aliphatic heterocycles. The van der Waals surface area contributed by atoms with E-state index in [1.807, 2.05) is 20.8 Å². The largest absolute Gasteiger partial charge is 0.379 e. The molecule has 0 spiro atoms. The highest BCUT2D eigenvalue weighted by atomic mass is 16.5. The van der Waals surface area contributed by atoms with Gasteiger partial charge in [0.15, 0.2) is 0 Å². The maximum absolute atomic E-state index is 12.8. The van der Waals surface area contributed by atoms with Gasteiger partial charge in [-0.3, -0.25) is 9.59 Å². The van der Waals surface area contributed by atoms with Gasteiger partial charge in [-0.1, -0.05) is 26.8 Å². The van der Waals surface area contributed by atoms with Gasteiger partial charge < -0.3 is 15.0 Å². The summed E-state index contributed by atoms with van der Waals surface area (Å²) < 4.78 is 5.49. The van der Waals surface area contributed by atoms with Gasteiger partial charge in [-0.25, -0.2) is 0 Å². The minimum atomic E-state index is -0.746. The maximum Gasteiger partial charge on any atom is 0.249 e. The lowest BCUT2D eigenvalue weighted by Crippen LogP contribution is -2.70. The average molecular weight is 296 g/mol. The van der Waals surface area contributed by atoms with E-state index in [0.717, 1.165) is 6.42 Å². The average Bonchev–Trinajstić information content (AvgIpc) is 2.50. The number of rotatable bonds is 9. The van der Waals surface area contributed by atoms with E-state index in [2.05, 4.69) is 11.9 Å². The molecule has 5 nitrogen and oxygen atoms in total. The summed E-state index contributed by atoms with van der Waals surface area (Å²) in [5.41, 5.74) is -0.746. The lowest BCUT2D eigenvalue weighted by atomic mass is 9.86. The number of carbonyl (C=O) groups is 2. The molecule has 1 N–H and O–H groups in total. The molecule has 0 aromatic heterocycles. The summed E-state index contributed by atoms with van der Waals surface area (Å²) in [5.74, 6) is -0.0295. The van der Waals surface area contributed by atoms with Gasteiger partial charge in [0.1, 0.15) is 11.6 Å². The normalized spacial score (nSPS) is 21.3. The van der Waals surface area contributed by atoms with E-state index in [9.17, 15) is 9.59 Å². The minimum absolute atomic E-state index is 0.0197. The minimum Gasteiger partial charge on any atom is -0.379 e. The molecule has 1 aliphatic rings. The summed E-state index contributed by atoms with van der Waals surface area (Å²) >= 11 is 0. The highest BCUT2D eigenvalue weighted by Gasteiger charge is 2.47. The van der Waals surface area contributed by atoms with Crippen molar-refractivity contribution in [1.82, 2.24) is 10.2 Å². The first-order valence-electron chi connectivity index (χ1n) is 7.88. The molecule has 1 saturated heterocycles. The summed E-state index contributed by atoms with van der Waals surface area (Å²) in [5, 5.41) is 2.94. The SMILES string of the molecule is C=CCCOCCN1C(=O)C(CC)(CC)NC(=O)C1CC. The summed E-state index contributed by atoms with van der Waals surface area (Å²) in [4.78, 5) is 26.8. The van der Waals surface area contributed by atoms with Gasteiger partial charge in [-0.2, -0.15) is 0 Å². The summed E-state index contributed by atoms with van der Waals surface area (Å²) in [6.45, 7) is 10.9. The fraction of sp³-hybridized carbons (Fsp3) is 0.750. The second-order valence-electron chi connectivity index (χ2n) is 5.39. The van der Waals surface area contributed by atoms with Crippen LogP contribution in [0, 0.1) is 0 Å². The van der Waals surface area contributed by atoms with Gasteiger partial charge in [0.25, 0.3) is 0 Å². The van der Waals surface area contributed by atoms with Gasteiger partial charge in [-0.05, 0) is 25.7 Å². The van der Waals surface area contributed by atoms with Crippen LogP contribution in [0.25, 0.3) is 0 Å². The predicted molar refractivity (Wildman–Crippen MR) is 82.9 cm³/mol. The summed E-state index contributed by atoms with van der Waals surface area (Å²) in [7, 11) is 0. The molecule has 120 valence electrons. The van der Waals surface area contributed by atoms with Crippen molar-refractivity contribution in [2.45, 2.75) is 58.0 Å². The van der Waals surface area contributed by atoms with Crippen molar-refractivity contribution in [3.63, 3.8) is 0 Å². The fourth-order valence-corrected chi connectivity index (χ4v) is 2.75. The van der Waals surface area contributed by atoms with Crippen LogP contribution in [-0.4, -0.2) is 48.1 Å². The summed E-state index contributed by atoms with van der Waals surface area (Å²) in [6, 6.07) is -0.383. The Kier molecular flexibility index (Phi) is 6.89. The van der Waals surface area contributed by atoms with Crippen LogP contribution in [-0.2, 0) is 14.3 Å². The van der Waals surface area contributed by atoms with Gasteiger partial charge >= 0.3 is 0 Å². The number of nitrogens with zero attached hydrogens (tertiary/aromatic N) is 1. The van der Waals surface area contributed by atoms with Crippen LogP contribution in [0.3, 0.4) is 0 Å². The lowest BCUT2D eigenvalue weighted by molar-refractivity contribution is -0.156. The Balaban J connectivity index is 2.76. The van der Waals surface area contributed by atoms with Crippen LogP contribution < -0.4 is 5.32 Å². The molecule has 0 radical (unpaired) electrons. The smallest absolute Gasteiger partial charge is 0.249 e. The van der Waals surface area contributed by atoms with Crippen LogP contribution in [0.2, 0.25) is 0 Å². The Morgan fingerprint density at radius 1 is 1.29 bits per heavy atom. The molecular formula is C16H28N2O3. The molecular weight excluding hydrogens is 268 g/mol. The molecule has 0 aliphatic carbocycles. The zero-order valence-electron chi connectivity index (χ0n) is 13.5. The first-order chi connectivity index (χ1) is 10.1. The van der Waals surface area contributed by atoms with Crippen LogP contribution in [0.1, 0.15) is 46.5 Å². The van der Waals surface area contributed by atoms with E-state index >= 15 is 0 Å². The third-order valence-corrected chi connectivity index (χ3v) is 4.25. The van der Waals surface area contributed by atoms with Crippen molar-refractivity contribution in [3.8, 4) is 0 Å². The van der Waals surface area contributed by atoms with E-state index in [-0.39, 0.29) is 17.9 Å². The van der Waals surface area contributed by atoms with Gasteiger partial charge in [-0.15, -0.1) is 6.58 Å². The molecule has 5 heteroatoms. The Labute approximate surface area is 127 Å². The first-order valence-corrected chi connectivity index (χ1v) is 7.88. The third kappa shape index (κ3) is 3.84. The molecule has 1 unspecified atom stereocenters. The van der Waals surface area contributed by atoms with E-state index in [0.29, 0.717) is 39.0 Å². The topological polar surface area (TPSA) is 58.6 Å². The first kappa shape index (κ1) is 17.7. The Morgan fingerprint density at radius 2 is 1.95 bits per heavy atom.